The summed E-state index contributed by atoms with van der Waals surface area (Å²) in [5.41, 5.74) is 5.12. The first kappa shape index (κ1) is 31.1. The molecule has 0 spiro atoms. The second-order valence-corrected chi connectivity index (χ2v) is 17.2. The number of carbonyl (C=O) groups is 1. The van der Waals surface area contributed by atoms with Crippen molar-refractivity contribution in [2.24, 2.45) is 0 Å². The quantitative estimate of drug-likeness (QED) is 0.150. The normalized spacial score (nSPS) is 16.6. The Morgan fingerprint density at radius 2 is 1.33 bits per heavy atom. The average Bonchev–Trinajstić information content (AvgIpc) is 3.89. The van der Waals surface area contributed by atoms with Gasteiger partial charge in [0.2, 0.25) is 0 Å². The summed E-state index contributed by atoms with van der Waals surface area (Å²) in [6, 6.07) is 36.9. The topological polar surface area (TPSA) is 26.3 Å². The second kappa shape index (κ2) is 13.3. The summed E-state index contributed by atoms with van der Waals surface area (Å²) in [7, 11) is -2.47. The molecule has 2 aromatic heterocycles. The van der Waals surface area contributed by atoms with Crippen LogP contribution in [0.2, 0.25) is 0 Å². The van der Waals surface area contributed by atoms with E-state index in [4.69, 9.17) is 4.74 Å². The number of ketones is 1. The van der Waals surface area contributed by atoms with Gasteiger partial charge in [0.05, 0.1) is 0 Å². The molecule has 0 radical (unpaired) electrons. The Morgan fingerprint density at radius 3 is 1.87 bits per heavy atom. The molecule has 0 atom stereocenters. The second-order valence-electron chi connectivity index (χ2n) is 11.1. The molecule has 2 nitrogen and oxygen atoms in total. The van der Waals surface area contributed by atoms with E-state index in [0.717, 1.165) is 41.5 Å². The van der Waals surface area contributed by atoms with Crippen LogP contribution in [0, 0.1) is 4.37 Å². The van der Waals surface area contributed by atoms with Gasteiger partial charge in [-0.2, -0.15) is 0 Å². The zero-order valence-corrected chi connectivity index (χ0v) is 30.5. The fourth-order valence-corrected chi connectivity index (χ4v) is 14.7. The van der Waals surface area contributed by atoms with Gasteiger partial charge in [0.15, 0.2) is 0 Å². The van der Waals surface area contributed by atoms with E-state index in [2.05, 4.69) is 127 Å². The molecule has 1 saturated heterocycles. The number of hydrogen-bond acceptors (Lipinski definition) is 4. The summed E-state index contributed by atoms with van der Waals surface area (Å²) in [5.74, 6) is 0.118. The van der Waals surface area contributed by atoms with Gasteiger partial charge in [0.25, 0.3) is 0 Å². The number of carbonyl (C=O) groups excluding carboxylic acids is 1. The van der Waals surface area contributed by atoms with E-state index in [-0.39, 0.29) is 5.78 Å². The first-order valence-corrected chi connectivity index (χ1v) is 19.8. The van der Waals surface area contributed by atoms with Crippen molar-refractivity contribution >= 4 is 63.3 Å². The number of thiophene rings is 2. The number of allylic oxidation sites excluding steroid dienone is 5. The van der Waals surface area contributed by atoms with Crippen molar-refractivity contribution in [3.05, 3.63) is 159 Å². The Kier molecular flexibility index (Phi) is 9.00. The third-order valence-corrected chi connectivity index (χ3v) is 16.3. The number of ether oxygens (including phenoxy) is 1. The Balaban J connectivity index is 1.59. The predicted octanol–water partition coefficient (Wildman–Crippen LogP) is 9.17. The molecule has 0 saturated carbocycles. The first-order chi connectivity index (χ1) is 22.6. The van der Waals surface area contributed by atoms with Crippen molar-refractivity contribution in [2.75, 3.05) is 13.2 Å². The molecule has 7 rings (SSSR count). The van der Waals surface area contributed by atoms with Crippen molar-refractivity contribution in [1.82, 2.24) is 0 Å². The van der Waals surface area contributed by atoms with Gasteiger partial charge in [0, 0.05) is 0 Å². The van der Waals surface area contributed by atoms with Crippen LogP contribution in [-0.2, 0) is 22.7 Å². The van der Waals surface area contributed by atoms with Crippen molar-refractivity contribution in [2.45, 2.75) is 13.8 Å². The summed E-state index contributed by atoms with van der Waals surface area (Å²) in [4.78, 5) is 18.2. The maximum atomic E-state index is 13.8. The zero-order valence-electron chi connectivity index (χ0n) is 25.5. The summed E-state index contributed by atoms with van der Waals surface area (Å²) < 4.78 is 9.80. The van der Waals surface area contributed by atoms with Crippen LogP contribution in [0.1, 0.15) is 39.5 Å². The van der Waals surface area contributed by atoms with Crippen molar-refractivity contribution in [1.29, 1.82) is 0 Å². The molecule has 0 bridgehead atoms. The molecule has 227 valence electrons. The fraction of sp³-hybridized carbons (Fsp3) is 0.100. The minimum atomic E-state index is -2.47. The molecule has 0 amide bonds. The third kappa shape index (κ3) is 5.27. The van der Waals surface area contributed by atoms with E-state index in [9.17, 15) is 4.79 Å². The molecule has 1 fully saturated rings. The van der Waals surface area contributed by atoms with E-state index in [0.29, 0.717) is 13.2 Å². The molecule has 3 heterocycles. The van der Waals surface area contributed by atoms with Gasteiger partial charge in [-0.05, 0) is 0 Å². The van der Waals surface area contributed by atoms with Crippen molar-refractivity contribution < 1.29 is 27.5 Å². The number of hydrogen-bond donors (Lipinski definition) is 0. The first-order valence-electron chi connectivity index (χ1n) is 15.2. The summed E-state index contributed by atoms with van der Waals surface area (Å²) in [5, 5.41) is 4.96. The van der Waals surface area contributed by atoms with Gasteiger partial charge in [-0.25, -0.2) is 0 Å². The number of rotatable bonds is 7. The van der Waals surface area contributed by atoms with E-state index in [1.165, 1.54) is 27.1 Å². The van der Waals surface area contributed by atoms with Crippen LogP contribution >= 0.6 is 29.9 Å². The Morgan fingerprint density at radius 1 is 0.783 bits per heavy atom. The molecule has 46 heavy (non-hydrogen) atoms. The van der Waals surface area contributed by atoms with Crippen molar-refractivity contribution in [3.8, 4) is 14.1 Å². The fourth-order valence-electron chi connectivity index (χ4n) is 6.37. The van der Waals surface area contributed by atoms with E-state index < -0.39 is 7.26 Å². The van der Waals surface area contributed by atoms with Gasteiger partial charge < -0.3 is 0 Å². The van der Waals surface area contributed by atoms with Crippen LogP contribution in [0.25, 0.3) is 21.4 Å². The van der Waals surface area contributed by atoms with Gasteiger partial charge in [0.1, 0.15) is 0 Å². The average molecular weight is 829 g/mol. The Labute approximate surface area is 288 Å². The number of benzene rings is 3. The third-order valence-electron chi connectivity index (χ3n) is 8.47. The van der Waals surface area contributed by atoms with Crippen LogP contribution in [0.3, 0.4) is 0 Å². The molecule has 0 N–H and O–H groups in total. The molecule has 0 unspecified atom stereocenters. The van der Waals surface area contributed by atoms with Gasteiger partial charge >= 0.3 is 291 Å². The molecule has 2 aliphatic rings. The standard InChI is InChI=1S/C40H31O2PS2.Os/c1-4-15-33-23-35-38(41)36-24-37(45-40(36)39(35)44-33)34(22-29-26-42-25-28(29)5-2)27(3)43(30-16-9-6-10-17-30,31-18-11-7-12-19-31)32-20-13-8-14-21-32;/h4-24H,25-26H2,1-2H3;/q+1;/b15-4+,28-5?,29-22?,34-27?;. The van der Waals surface area contributed by atoms with Crippen LogP contribution in [0.5, 0.6) is 0 Å². The van der Waals surface area contributed by atoms with E-state index in [1.54, 1.807) is 40.6 Å². The summed E-state index contributed by atoms with van der Waals surface area (Å²) in [6.07, 6.45) is 8.59. The molecular weight excluding hydrogens is 798 g/mol. The molecular formula is C40H31O2OsPS2+. The predicted molar refractivity (Wildman–Crippen MR) is 194 cm³/mol. The molecule has 1 aliphatic heterocycles. The SMILES string of the molecule is CC=C1COCC1=CC(=C([C]#[Os])[P+](c1ccccc1)(c1ccccc1)c1ccccc1)c1cc2c(s1)-c1sc(/C=C/C)cc1C2=O. The van der Waals surface area contributed by atoms with Crippen LogP contribution < -0.4 is 15.9 Å². The van der Waals surface area contributed by atoms with E-state index >= 15 is 0 Å². The Bertz CT molecular complexity index is 2010. The minimum absolute atomic E-state index is 0.118. The number of fused-ring (bicyclic) bond motifs is 3. The summed E-state index contributed by atoms with van der Waals surface area (Å²) in [6.45, 7) is 5.25. The molecule has 6 heteroatoms. The Hall–Kier alpha value is -3.50. The monoisotopic (exact) mass is 830 g/mol. The maximum absolute atomic E-state index is 13.8. The molecule has 3 aromatic carbocycles. The molecule has 1 aliphatic carbocycles. The van der Waals surface area contributed by atoms with Crippen LogP contribution in [0.4, 0.5) is 0 Å². The van der Waals surface area contributed by atoms with E-state index in [1.807, 2.05) is 19.1 Å². The van der Waals surface area contributed by atoms with Crippen LogP contribution in [0.15, 0.2) is 138 Å². The van der Waals surface area contributed by atoms with Crippen molar-refractivity contribution in [3.63, 3.8) is 0 Å². The van der Waals surface area contributed by atoms with Crippen LogP contribution in [-0.4, -0.2) is 19.0 Å². The van der Waals surface area contributed by atoms with Gasteiger partial charge in [-0.15, -0.1) is 0 Å². The van der Waals surface area contributed by atoms with Gasteiger partial charge in [-0.1, -0.05) is 0 Å². The molecule has 5 aromatic rings. The van der Waals surface area contributed by atoms with Gasteiger partial charge in [-0.3, -0.25) is 0 Å². The zero-order chi connectivity index (χ0) is 31.7. The summed E-state index contributed by atoms with van der Waals surface area (Å²) >= 11 is 5.22.